The summed E-state index contributed by atoms with van der Waals surface area (Å²) in [6.45, 7) is 1.62. The Morgan fingerprint density at radius 3 is 2.63 bits per heavy atom. The quantitative estimate of drug-likeness (QED) is 0.583. The summed E-state index contributed by atoms with van der Waals surface area (Å²) in [6.07, 6.45) is 1.72. The van der Waals surface area contributed by atoms with Crippen molar-refractivity contribution in [3.05, 3.63) is 41.9 Å². The molecule has 0 fully saturated rings. The standard InChI is InChI=1S/C17H22N4O5S/c1-12-19-16(11-21(12)2)27(25,26)18-9-8-15(22)20-14-5-3-4-13(10-14)6-7-17(23)24/h3-5,10-11,18H,6-9H2,1-2H3,(H,20,22)(H,23,24). The van der Waals surface area contributed by atoms with E-state index in [0.29, 0.717) is 17.9 Å². The highest BCUT2D eigenvalue weighted by Gasteiger charge is 2.18. The van der Waals surface area contributed by atoms with Gasteiger partial charge in [0.05, 0.1) is 0 Å². The Balaban J connectivity index is 1.85. The molecule has 0 spiro atoms. The van der Waals surface area contributed by atoms with Crippen LogP contribution in [0.3, 0.4) is 0 Å². The molecule has 9 nitrogen and oxygen atoms in total. The first-order valence-electron chi connectivity index (χ1n) is 8.27. The Bertz CT molecular complexity index is 917. The molecule has 0 aliphatic rings. The minimum atomic E-state index is -3.77. The molecule has 2 aromatic rings. The fourth-order valence-corrected chi connectivity index (χ4v) is 3.38. The average molecular weight is 394 g/mol. The Morgan fingerprint density at radius 2 is 2.00 bits per heavy atom. The number of aromatic nitrogens is 2. The molecule has 0 aliphatic carbocycles. The number of nitrogens with one attached hydrogen (secondary N) is 2. The number of nitrogens with zero attached hydrogens (tertiary/aromatic N) is 2. The maximum atomic E-state index is 12.1. The van der Waals surface area contributed by atoms with Crippen LogP contribution in [0, 0.1) is 6.92 Å². The molecule has 0 atom stereocenters. The van der Waals surface area contributed by atoms with Crippen molar-refractivity contribution in [2.45, 2.75) is 31.2 Å². The van der Waals surface area contributed by atoms with Crippen molar-refractivity contribution >= 4 is 27.6 Å². The molecule has 1 aromatic carbocycles. The van der Waals surface area contributed by atoms with E-state index in [4.69, 9.17) is 5.11 Å². The number of sulfonamides is 1. The van der Waals surface area contributed by atoms with Gasteiger partial charge in [-0.05, 0) is 31.0 Å². The topological polar surface area (TPSA) is 130 Å². The third-order valence-corrected chi connectivity index (χ3v) is 5.18. The number of hydrogen-bond donors (Lipinski definition) is 3. The highest BCUT2D eigenvalue weighted by molar-refractivity contribution is 7.89. The average Bonchev–Trinajstić information content (AvgIpc) is 2.93. The van der Waals surface area contributed by atoms with Crippen LogP contribution in [0.15, 0.2) is 35.5 Å². The first-order chi connectivity index (χ1) is 12.7. The predicted octanol–water partition coefficient (Wildman–Crippen LogP) is 1.05. The summed E-state index contributed by atoms with van der Waals surface area (Å²) in [5.41, 5.74) is 1.33. The second kappa shape index (κ2) is 8.78. The van der Waals surface area contributed by atoms with Gasteiger partial charge >= 0.3 is 5.97 Å². The van der Waals surface area contributed by atoms with Gasteiger partial charge in [-0.15, -0.1) is 0 Å². The number of anilines is 1. The summed E-state index contributed by atoms with van der Waals surface area (Å²) < 4.78 is 28.2. The number of rotatable bonds is 9. The lowest BCUT2D eigenvalue weighted by Crippen LogP contribution is -2.28. The van der Waals surface area contributed by atoms with Gasteiger partial charge in [0.25, 0.3) is 10.0 Å². The largest absolute Gasteiger partial charge is 0.481 e. The molecule has 1 amide bonds. The lowest BCUT2D eigenvalue weighted by molar-refractivity contribution is -0.137. The minimum absolute atomic E-state index is 0.00613. The lowest BCUT2D eigenvalue weighted by Gasteiger charge is -2.08. The molecule has 1 aromatic heterocycles. The molecule has 27 heavy (non-hydrogen) atoms. The van der Waals surface area contributed by atoms with Crippen LogP contribution in [0.1, 0.15) is 24.2 Å². The van der Waals surface area contributed by atoms with Gasteiger partial charge in [-0.25, -0.2) is 18.1 Å². The van der Waals surface area contributed by atoms with Crippen LogP contribution in [-0.4, -0.2) is 41.5 Å². The second-order valence-corrected chi connectivity index (χ2v) is 7.74. The SMILES string of the molecule is Cc1nc(S(=O)(=O)NCCC(=O)Nc2cccc(CCC(=O)O)c2)cn1C. The van der Waals surface area contributed by atoms with Crippen molar-refractivity contribution in [1.29, 1.82) is 0 Å². The molecule has 0 saturated heterocycles. The van der Waals surface area contributed by atoms with Crippen LogP contribution in [0.5, 0.6) is 0 Å². The first kappa shape index (κ1) is 20.6. The van der Waals surface area contributed by atoms with E-state index in [0.717, 1.165) is 5.56 Å². The molecule has 146 valence electrons. The van der Waals surface area contributed by atoms with Gasteiger partial charge < -0.3 is 15.0 Å². The molecule has 3 N–H and O–H groups in total. The van der Waals surface area contributed by atoms with Gasteiger partial charge in [-0.3, -0.25) is 9.59 Å². The van der Waals surface area contributed by atoms with E-state index in [-0.39, 0.29) is 30.3 Å². The number of aliphatic carboxylic acids is 1. The number of hydrogen-bond acceptors (Lipinski definition) is 5. The summed E-state index contributed by atoms with van der Waals surface area (Å²) in [6, 6.07) is 6.88. The Labute approximate surface area is 157 Å². The fourth-order valence-electron chi connectivity index (χ4n) is 2.31. The van der Waals surface area contributed by atoms with Gasteiger partial charge in [0.15, 0.2) is 5.03 Å². The van der Waals surface area contributed by atoms with Crippen LogP contribution in [0.25, 0.3) is 0 Å². The molecular formula is C17H22N4O5S. The third-order valence-electron chi connectivity index (χ3n) is 3.84. The number of aryl methyl sites for hydroxylation is 3. The van der Waals surface area contributed by atoms with E-state index in [1.54, 1.807) is 42.8 Å². The van der Waals surface area contributed by atoms with Crippen LogP contribution in [0.2, 0.25) is 0 Å². The molecular weight excluding hydrogens is 372 g/mol. The maximum Gasteiger partial charge on any atom is 0.303 e. The number of imidazole rings is 1. The van der Waals surface area contributed by atoms with Crippen LogP contribution in [0.4, 0.5) is 5.69 Å². The van der Waals surface area contributed by atoms with Gasteiger partial charge in [0, 0.05) is 38.3 Å². The van der Waals surface area contributed by atoms with Crippen molar-refractivity contribution in [2.75, 3.05) is 11.9 Å². The van der Waals surface area contributed by atoms with E-state index in [1.165, 1.54) is 6.20 Å². The Morgan fingerprint density at radius 1 is 1.26 bits per heavy atom. The molecule has 0 saturated carbocycles. The van der Waals surface area contributed by atoms with Crippen molar-refractivity contribution in [3.8, 4) is 0 Å². The number of carbonyl (C=O) groups excluding carboxylic acids is 1. The number of amides is 1. The van der Waals surface area contributed by atoms with Crippen molar-refractivity contribution in [1.82, 2.24) is 14.3 Å². The van der Waals surface area contributed by atoms with Gasteiger partial charge in [-0.1, -0.05) is 12.1 Å². The molecule has 0 bridgehead atoms. The Kier molecular flexibility index (Phi) is 6.70. The number of carbonyl (C=O) groups is 2. The maximum absolute atomic E-state index is 12.1. The first-order valence-corrected chi connectivity index (χ1v) is 9.76. The molecule has 1 heterocycles. The van der Waals surface area contributed by atoms with E-state index in [1.807, 2.05) is 0 Å². The molecule has 10 heteroatoms. The highest BCUT2D eigenvalue weighted by Crippen LogP contribution is 2.13. The smallest absolute Gasteiger partial charge is 0.303 e. The summed E-state index contributed by atoms with van der Waals surface area (Å²) in [5, 5.41) is 11.3. The normalized spacial score (nSPS) is 11.3. The van der Waals surface area contributed by atoms with Crippen molar-refractivity contribution in [3.63, 3.8) is 0 Å². The molecule has 0 unspecified atom stereocenters. The van der Waals surface area contributed by atoms with E-state index in [2.05, 4.69) is 15.0 Å². The van der Waals surface area contributed by atoms with Gasteiger partial charge in [0.2, 0.25) is 5.91 Å². The third kappa shape index (κ3) is 6.19. The number of carboxylic acid groups (broad SMARTS) is 1. The van der Waals surface area contributed by atoms with Gasteiger partial charge in [0.1, 0.15) is 5.82 Å². The van der Waals surface area contributed by atoms with Crippen LogP contribution < -0.4 is 10.0 Å². The number of carboxylic acids is 1. The summed E-state index contributed by atoms with van der Waals surface area (Å²) >= 11 is 0. The lowest BCUT2D eigenvalue weighted by atomic mass is 10.1. The van der Waals surface area contributed by atoms with E-state index < -0.39 is 16.0 Å². The molecule has 0 radical (unpaired) electrons. The zero-order valence-electron chi connectivity index (χ0n) is 15.1. The Hall–Kier alpha value is -2.72. The van der Waals surface area contributed by atoms with Crippen molar-refractivity contribution in [2.24, 2.45) is 7.05 Å². The van der Waals surface area contributed by atoms with Crippen molar-refractivity contribution < 1.29 is 23.1 Å². The molecule has 2 rings (SSSR count). The summed E-state index contributed by atoms with van der Waals surface area (Å²) in [4.78, 5) is 26.6. The molecule has 0 aliphatic heterocycles. The zero-order chi connectivity index (χ0) is 20.0. The second-order valence-electron chi connectivity index (χ2n) is 6.03. The highest BCUT2D eigenvalue weighted by atomic mass is 32.2. The number of benzene rings is 1. The van der Waals surface area contributed by atoms with Crippen LogP contribution >= 0.6 is 0 Å². The predicted molar refractivity (Wildman–Crippen MR) is 98.8 cm³/mol. The zero-order valence-corrected chi connectivity index (χ0v) is 15.9. The van der Waals surface area contributed by atoms with Crippen LogP contribution in [-0.2, 0) is 33.1 Å². The van der Waals surface area contributed by atoms with E-state index in [9.17, 15) is 18.0 Å². The minimum Gasteiger partial charge on any atom is -0.481 e. The van der Waals surface area contributed by atoms with Gasteiger partial charge in [-0.2, -0.15) is 0 Å². The monoisotopic (exact) mass is 394 g/mol. The van der Waals surface area contributed by atoms with E-state index >= 15 is 0 Å². The summed E-state index contributed by atoms with van der Waals surface area (Å²) in [7, 11) is -2.08. The fraction of sp³-hybridized carbons (Fsp3) is 0.353. The summed E-state index contributed by atoms with van der Waals surface area (Å²) in [5.74, 6) is -0.680.